The van der Waals surface area contributed by atoms with Gasteiger partial charge in [0, 0.05) is 10.6 Å². The van der Waals surface area contributed by atoms with Gasteiger partial charge in [-0.2, -0.15) is 5.26 Å². The quantitative estimate of drug-likeness (QED) is 0.462. The summed E-state index contributed by atoms with van der Waals surface area (Å²) in [6, 6.07) is 15.7. The molecule has 0 unspecified atom stereocenters. The van der Waals surface area contributed by atoms with Crippen molar-refractivity contribution in [3.63, 3.8) is 0 Å². The number of aromatic nitrogens is 2. The van der Waals surface area contributed by atoms with Crippen molar-refractivity contribution >= 4 is 57.3 Å². The Kier molecular flexibility index (Phi) is 7.52. The number of aryl methyl sites for hydroxylation is 2. The van der Waals surface area contributed by atoms with Gasteiger partial charge in [-0.05, 0) is 49.2 Å². The van der Waals surface area contributed by atoms with Gasteiger partial charge in [0.25, 0.3) is 0 Å². The minimum atomic E-state index is -0.126. The summed E-state index contributed by atoms with van der Waals surface area (Å²) < 4.78 is 0.721. The summed E-state index contributed by atoms with van der Waals surface area (Å²) in [4.78, 5) is 13.2. The molecule has 3 rings (SSSR count). The predicted molar refractivity (Wildman–Crippen MR) is 121 cm³/mol. The molecule has 0 saturated carbocycles. The van der Waals surface area contributed by atoms with Crippen molar-refractivity contribution in [3.05, 3.63) is 53.6 Å². The number of nitrogens with one attached hydrogen (secondary N) is 2. The van der Waals surface area contributed by atoms with Crippen LogP contribution in [0.25, 0.3) is 0 Å². The zero-order chi connectivity index (χ0) is 20.6. The van der Waals surface area contributed by atoms with Crippen molar-refractivity contribution in [2.24, 2.45) is 0 Å². The fourth-order valence-corrected chi connectivity index (χ4v) is 4.62. The summed E-state index contributed by atoms with van der Waals surface area (Å²) >= 11 is 4.15. The molecule has 2 aromatic carbocycles. The molecule has 0 aliphatic carbocycles. The third-order valence-corrected chi connectivity index (χ3v) is 6.86. The van der Waals surface area contributed by atoms with E-state index in [4.69, 9.17) is 5.26 Å². The van der Waals surface area contributed by atoms with E-state index >= 15 is 0 Å². The minimum Gasteiger partial charge on any atom is -0.330 e. The summed E-state index contributed by atoms with van der Waals surface area (Å²) in [6.07, 6.45) is 0. The summed E-state index contributed by atoms with van der Waals surface area (Å²) in [5.74, 6) is 0.442. The van der Waals surface area contributed by atoms with Gasteiger partial charge in [0.2, 0.25) is 11.0 Å². The van der Waals surface area contributed by atoms with E-state index < -0.39 is 0 Å². The summed E-state index contributed by atoms with van der Waals surface area (Å²) in [5.41, 5.74) is 4.12. The molecule has 0 atom stereocenters. The van der Waals surface area contributed by atoms with E-state index in [9.17, 15) is 4.79 Å². The molecule has 0 fully saturated rings. The van der Waals surface area contributed by atoms with Crippen LogP contribution >= 0.6 is 34.9 Å². The lowest BCUT2D eigenvalue weighted by molar-refractivity contribution is -0.113. The topological polar surface area (TPSA) is 90.7 Å². The number of hydrogen-bond donors (Lipinski definition) is 2. The largest absolute Gasteiger partial charge is 0.330 e. The highest BCUT2D eigenvalue weighted by Crippen LogP contribution is 2.29. The smallest absolute Gasteiger partial charge is 0.234 e. The minimum absolute atomic E-state index is 0.126. The molecule has 29 heavy (non-hydrogen) atoms. The van der Waals surface area contributed by atoms with Crippen molar-refractivity contribution in [1.82, 2.24) is 10.2 Å². The third kappa shape index (κ3) is 6.22. The van der Waals surface area contributed by atoms with E-state index in [1.54, 1.807) is 0 Å². The summed E-state index contributed by atoms with van der Waals surface area (Å²) in [5, 5.41) is 23.9. The molecule has 0 aliphatic rings. The zero-order valence-electron chi connectivity index (χ0n) is 15.9. The Morgan fingerprint density at radius 1 is 1.14 bits per heavy atom. The van der Waals surface area contributed by atoms with Crippen LogP contribution in [0.4, 0.5) is 16.5 Å². The number of nitrogens with zero attached hydrogens (tertiary/aromatic N) is 3. The second-order valence-electron chi connectivity index (χ2n) is 6.08. The van der Waals surface area contributed by atoms with Gasteiger partial charge in [-0.3, -0.25) is 4.79 Å². The van der Waals surface area contributed by atoms with Crippen molar-refractivity contribution < 1.29 is 4.79 Å². The van der Waals surface area contributed by atoms with Gasteiger partial charge in [-0.1, -0.05) is 41.3 Å². The molecule has 0 radical (unpaired) electrons. The highest BCUT2D eigenvalue weighted by atomic mass is 32.2. The second-order valence-corrected chi connectivity index (χ2v) is 9.29. The van der Waals surface area contributed by atoms with Crippen molar-refractivity contribution in [2.45, 2.75) is 23.1 Å². The lowest BCUT2D eigenvalue weighted by Crippen LogP contribution is -2.14. The van der Waals surface area contributed by atoms with Gasteiger partial charge in [-0.25, -0.2) is 0 Å². The maximum atomic E-state index is 12.3. The lowest BCUT2D eigenvalue weighted by atomic mass is 10.1. The molecule has 0 spiro atoms. The van der Waals surface area contributed by atoms with Crippen LogP contribution in [-0.2, 0) is 4.79 Å². The molecular formula is C20H19N5OS3. The predicted octanol–water partition coefficient (Wildman–Crippen LogP) is 5.25. The average molecular weight is 442 g/mol. The fraction of sp³-hybridized carbons (Fsp3) is 0.200. The van der Waals surface area contributed by atoms with E-state index in [2.05, 4.69) is 52.9 Å². The molecular weight excluding hydrogens is 422 g/mol. The van der Waals surface area contributed by atoms with E-state index in [0.29, 0.717) is 16.6 Å². The first-order valence-corrected chi connectivity index (χ1v) is 11.5. The van der Waals surface area contributed by atoms with Crippen molar-refractivity contribution in [3.8, 4) is 6.07 Å². The number of amides is 1. The van der Waals surface area contributed by atoms with E-state index in [1.807, 2.05) is 30.3 Å². The zero-order valence-corrected chi connectivity index (χ0v) is 18.4. The number of nitriles is 1. The molecule has 6 nitrogen and oxygen atoms in total. The number of hydrogen-bond acceptors (Lipinski definition) is 8. The van der Waals surface area contributed by atoms with Crippen LogP contribution in [0.15, 0.2) is 51.7 Å². The Labute approximate surface area is 182 Å². The van der Waals surface area contributed by atoms with Gasteiger partial charge in [0.1, 0.15) is 0 Å². The van der Waals surface area contributed by atoms with E-state index in [1.165, 1.54) is 46.0 Å². The molecule has 0 saturated heterocycles. The van der Waals surface area contributed by atoms with Crippen LogP contribution in [-0.4, -0.2) is 27.6 Å². The number of para-hydroxylation sites is 1. The molecule has 1 amide bonds. The number of anilines is 3. The molecule has 1 heterocycles. The Morgan fingerprint density at radius 2 is 1.97 bits per heavy atom. The first kappa shape index (κ1) is 21.2. The van der Waals surface area contributed by atoms with Crippen molar-refractivity contribution in [1.29, 1.82) is 5.26 Å². The van der Waals surface area contributed by atoms with Crippen LogP contribution < -0.4 is 10.6 Å². The van der Waals surface area contributed by atoms with Gasteiger partial charge in [0.15, 0.2) is 4.34 Å². The monoisotopic (exact) mass is 441 g/mol. The van der Waals surface area contributed by atoms with E-state index in [0.717, 1.165) is 14.9 Å². The van der Waals surface area contributed by atoms with E-state index in [-0.39, 0.29) is 11.7 Å². The van der Waals surface area contributed by atoms with Gasteiger partial charge in [-0.15, -0.1) is 22.0 Å². The molecule has 3 aromatic rings. The average Bonchev–Trinajstić information content (AvgIpc) is 3.16. The molecule has 9 heteroatoms. The van der Waals surface area contributed by atoms with Gasteiger partial charge in [0.05, 0.1) is 23.3 Å². The van der Waals surface area contributed by atoms with Crippen LogP contribution in [0.1, 0.15) is 11.1 Å². The molecule has 2 N–H and O–H groups in total. The molecule has 148 valence electrons. The first-order chi connectivity index (χ1) is 14.0. The maximum absolute atomic E-state index is 12.3. The van der Waals surface area contributed by atoms with Crippen LogP contribution in [0.3, 0.4) is 0 Å². The highest BCUT2D eigenvalue weighted by molar-refractivity contribution is 8.01. The number of carbonyl (C=O) groups is 1. The highest BCUT2D eigenvalue weighted by Gasteiger charge is 2.11. The molecule has 1 aromatic heterocycles. The normalized spacial score (nSPS) is 10.4. The second kappa shape index (κ2) is 10.3. The number of benzene rings is 2. The standard InChI is InChI=1S/C20H19N5OS3/c1-13-7-8-15(11-14(13)2)22-19-24-25-20(29-19)28-12-18(26)23-16-5-3-4-6-17(16)27-10-9-21/h3-8,11H,10,12H2,1-2H3,(H,22,24)(H,23,26). The van der Waals surface area contributed by atoms with Gasteiger partial charge >= 0.3 is 0 Å². The van der Waals surface area contributed by atoms with Gasteiger partial charge < -0.3 is 10.6 Å². The number of carbonyl (C=O) groups excluding carboxylic acids is 1. The van der Waals surface area contributed by atoms with Crippen LogP contribution in [0.5, 0.6) is 0 Å². The number of thioether (sulfide) groups is 2. The maximum Gasteiger partial charge on any atom is 0.234 e. The molecule has 0 aliphatic heterocycles. The molecule has 0 bridgehead atoms. The fourth-order valence-electron chi connectivity index (χ4n) is 2.38. The Morgan fingerprint density at radius 3 is 2.76 bits per heavy atom. The summed E-state index contributed by atoms with van der Waals surface area (Å²) in [7, 11) is 0. The lowest BCUT2D eigenvalue weighted by Gasteiger charge is -2.08. The third-order valence-electron chi connectivity index (χ3n) is 3.94. The summed E-state index contributed by atoms with van der Waals surface area (Å²) in [6.45, 7) is 4.14. The van der Waals surface area contributed by atoms with Crippen molar-refractivity contribution in [2.75, 3.05) is 22.1 Å². The first-order valence-electron chi connectivity index (χ1n) is 8.74. The number of rotatable bonds is 8. The SMILES string of the molecule is Cc1ccc(Nc2nnc(SCC(=O)Nc3ccccc3SCC#N)s2)cc1C. The Bertz CT molecular complexity index is 1040. The Balaban J connectivity index is 1.54. The van der Waals surface area contributed by atoms with Crippen LogP contribution in [0.2, 0.25) is 0 Å². The Hall–Kier alpha value is -2.54. The van der Waals surface area contributed by atoms with Crippen LogP contribution in [0, 0.1) is 25.2 Å².